The zero-order chi connectivity index (χ0) is 30.0. The number of hydrogen-bond donors (Lipinski definition) is 4. The van der Waals surface area contributed by atoms with Crippen LogP contribution in [0.1, 0.15) is 17.5 Å². The summed E-state index contributed by atoms with van der Waals surface area (Å²) in [7, 11) is -7.86. The molecule has 0 saturated heterocycles. The van der Waals surface area contributed by atoms with Gasteiger partial charge in [-0.2, -0.15) is 18.2 Å². The number of nitrogens with one attached hydrogen (secondary N) is 4. The van der Waals surface area contributed by atoms with E-state index in [1.807, 2.05) is 0 Å². The van der Waals surface area contributed by atoms with Gasteiger partial charge in [0.15, 0.2) is 0 Å². The zero-order valence-corrected chi connectivity index (χ0v) is 23.4. The molecule has 0 aliphatic carbocycles. The first-order valence-corrected chi connectivity index (χ1v) is 15.6. The smallest absolute Gasteiger partial charge is 0.369 e. The summed E-state index contributed by atoms with van der Waals surface area (Å²) in [5.41, 5.74) is 1.40. The summed E-state index contributed by atoms with van der Waals surface area (Å²) in [6, 6.07) is 16.7. The van der Waals surface area contributed by atoms with Crippen molar-refractivity contribution in [2.24, 2.45) is 0 Å². The molecule has 0 saturated carbocycles. The first-order valence-electron chi connectivity index (χ1n) is 12.6. The highest BCUT2D eigenvalue weighted by Gasteiger charge is 2.31. The molecule has 220 valence electrons. The van der Waals surface area contributed by atoms with Crippen LogP contribution in [0, 0.1) is 0 Å². The monoisotopic (exact) mass is 618 g/mol. The van der Waals surface area contributed by atoms with Gasteiger partial charge in [0.25, 0.3) is 0 Å². The van der Waals surface area contributed by atoms with Gasteiger partial charge in [-0.15, -0.1) is 0 Å². The summed E-state index contributed by atoms with van der Waals surface area (Å²) < 4.78 is 94.3. The van der Waals surface area contributed by atoms with E-state index in [4.69, 9.17) is 0 Å². The van der Waals surface area contributed by atoms with E-state index in [-0.39, 0.29) is 23.9 Å². The molecule has 10 nitrogen and oxygen atoms in total. The number of alkyl halides is 3. The standard InChI is InChI=1S/C27H25F3N6O4S2/c28-27(29,30)20-4-1-6-22(14-20)42(39,40)34-16-18-8-10-19(11-9-18)24-17-32-26-35-21-5-2-7-23(15-21)41(37,38)33-13-3-12-31-25(24)36-26/h1-2,4-11,14-15,17,33-34H,3,12-13,16H2,(H2,31,32,35,36). The molecule has 4 aromatic rings. The second kappa shape index (κ2) is 11.7. The molecule has 0 unspecified atom stereocenters. The van der Waals surface area contributed by atoms with Crippen LogP contribution >= 0.6 is 0 Å². The van der Waals surface area contributed by atoms with Crippen molar-refractivity contribution in [1.82, 2.24) is 19.4 Å². The van der Waals surface area contributed by atoms with Gasteiger partial charge < -0.3 is 10.6 Å². The maximum Gasteiger partial charge on any atom is 0.416 e. The summed E-state index contributed by atoms with van der Waals surface area (Å²) in [6.45, 7) is 0.489. The van der Waals surface area contributed by atoms with Crippen LogP contribution in [0.4, 0.5) is 30.6 Å². The third-order valence-electron chi connectivity index (χ3n) is 6.33. The Balaban J connectivity index is 1.34. The van der Waals surface area contributed by atoms with Gasteiger partial charge in [0.2, 0.25) is 26.0 Å². The van der Waals surface area contributed by atoms with E-state index in [9.17, 15) is 30.0 Å². The zero-order valence-electron chi connectivity index (χ0n) is 21.8. The van der Waals surface area contributed by atoms with Crippen molar-refractivity contribution < 1.29 is 30.0 Å². The van der Waals surface area contributed by atoms with E-state index >= 15 is 0 Å². The number of fused-ring (bicyclic) bond motifs is 4. The Bertz CT molecular complexity index is 1820. The quantitative estimate of drug-likeness (QED) is 0.257. The molecule has 1 aliphatic rings. The summed E-state index contributed by atoms with van der Waals surface area (Å²) in [5, 5.41) is 6.24. The summed E-state index contributed by atoms with van der Waals surface area (Å²) in [4.78, 5) is 8.59. The number of halogens is 3. The minimum Gasteiger partial charge on any atom is -0.369 e. The number of nitrogens with zero attached hydrogens (tertiary/aromatic N) is 2. The predicted molar refractivity (Wildman–Crippen MR) is 151 cm³/mol. The topological polar surface area (TPSA) is 142 Å². The molecule has 3 aromatic carbocycles. The van der Waals surface area contributed by atoms with Crippen molar-refractivity contribution >= 4 is 37.5 Å². The molecule has 0 radical (unpaired) electrons. The molecule has 2 heterocycles. The van der Waals surface area contributed by atoms with Crippen LogP contribution in [0.25, 0.3) is 11.1 Å². The van der Waals surface area contributed by atoms with E-state index in [1.54, 1.807) is 42.6 Å². The minimum absolute atomic E-state index is 0.119. The Labute approximate surface area is 240 Å². The number of rotatable bonds is 5. The summed E-state index contributed by atoms with van der Waals surface area (Å²) >= 11 is 0. The largest absolute Gasteiger partial charge is 0.416 e. The summed E-state index contributed by atoms with van der Waals surface area (Å²) in [5.74, 6) is 0.757. The Hall–Kier alpha value is -4.05. The minimum atomic E-state index is -4.66. The van der Waals surface area contributed by atoms with Gasteiger partial charge in [0.1, 0.15) is 5.82 Å². The fourth-order valence-corrected chi connectivity index (χ4v) is 6.33. The molecule has 0 amide bonds. The van der Waals surface area contributed by atoms with E-state index in [0.29, 0.717) is 41.7 Å². The van der Waals surface area contributed by atoms with Crippen LogP contribution in [-0.2, 0) is 32.8 Å². The number of aromatic nitrogens is 2. The molecule has 1 aromatic heterocycles. The van der Waals surface area contributed by atoms with Crippen LogP contribution in [-0.4, -0.2) is 39.9 Å². The molecule has 0 spiro atoms. The van der Waals surface area contributed by atoms with Gasteiger partial charge in [-0.3, -0.25) is 0 Å². The van der Waals surface area contributed by atoms with Crippen LogP contribution in [0.3, 0.4) is 0 Å². The highest BCUT2D eigenvalue weighted by Crippen LogP contribution is 2.31. The third-order valence-corrected chi connectivity index (χ3v) is 9.19. The Morgan fingerprint density at radius 2 is 1.71 bits per heavy atom. The van der Waals surface area contributed by atoms with Crippen LogP contribution in [0.15, 0.2) is 88.8 Å². The molecule has 42 heavy (non-hydrogen) atoms. The highest BCUT2D eigenvalue weighted by molar-refractivity contribution is 7.89. The molecule has 0 fully saturated rings. The van der Waals surface area contributed by atoms with Gasteiger partial charge in [-0.25, -0.2) is 31.3 Å². The highest BCUT2D eigenvalue weighted by atomic mass is 32.2. The van der Waals surface area contributed by atoms with Gasteiger partial charge >= 0.3 is 6.18 Å². The van der Waals surface area contributed by atoms with E-state index in [2.05, 4.69) is 30.0 Å². The lowest BCUT2D eigenvalue weighted by Crippen LogP contribution is -2.26. The van der Waals surface area contributed by atoms with E-state index < -0.39 is 36.7 Å². The van der Waals surface area contributed by atoms with Crippen LogP contribution in [0.2, 0.25) is 0 Å². The van der Waals surface area contributed by atoms with E-state index in [0.717, 1.165) is 23.8 Å². The average molecular weight is 619 g/mol. The van der Waals surface area contributed by atoms with Gasteiger partial charge in [-0.1, -0.05) is 36.4 Å². The first kappa shape index (κ1) is 29.4. The summed E-state index contributed by atoms with van der Waals surface area (Å²) in [6.07, 6.45) is -2.57. The van der Waals surface area contributed by atoms with Gasteiger partial charge in [-0.05, 0) is 53.9 Å². The second-order valence-corrected chi connectivity index (χ2v) is 12.9. The van der Waals surface area contributed by atoms with Crippen LogP contribution in [0.5, 0.6) is 0 Å². The lowest BCUT2D eigenvalue weighted by Gasteiger charge is -2.14. The van der Waals surface area contributed by atoms with Gasteiger partial charge in [0.05, 0.1) is 15.4 Å². The SMILES string of the molecule is O=S1(=O)NCCCNc2nc(ncc2-c2ccc(CNS(=O)(=O)c3cccc(C(F)(F)F)c3)cc2)Nc2cccc1c2. The second-order valence-electron chi connectivity index (χ2n) is 9.33. The van der Waals surface area contributed by atoms with Crippen molar-refractivity contribution in [1.29, 1.82) is 0 Å². The van der Waals surface area contributed by atoms with E-state index in [1.165, 1.54) is 12.1 Å². The van der Waals surface area contributed by atoms with Crippen molar-refractivity contribution in [3.8, 4) is 11.1 Å². The van der Waals surface area contributed by atoms with Crippen molar-refractivity contribution in [3.05, 3.63) is 90.1 Å². The molecule has 0 atom stereocenters. The fraction of sp³-hybridized carbons (Fsp3) is 0.185. The Kier molecular flexibility index (Phi) is 8.19. The molecular formula is C27H25F3N6O4S2. The predicted octanol–water partition coefficient (Wildman–Crippen LogP) is 4.48. The lowest BCUT2D eigenvalue weighted by atomic mass is 10.1. The van der Waals surface area contributed by atoms with Crippen LogP contribution < -0.4 is 20.1 Å². The molecule has 5 rings (SSSR count). The van der Waals surface area contributed by atoms with Crippen molar-refractivity contribution in [2.45, 2.75) is 28.9 Å². The number of sulfonamides is 2. The van der Waals surface area contributed by atoms with Crippen molar-refractivity contribution in [2.75, 3.05) is 23.7 Å². The fourth-order valence-electron chi connectivity index (χ4n) is 4.15. The molecular weight excluding hydrogens is 593 g/mol. The number of hydrogen-bond acceptors (Lipinski definition) is 8. The van der Waals surface area contributed by atoms with Gasteiger partial charge in [0, 0.05) is 37.1 Å². The first-order chi connectivity index (χ1) is 19.9. The average Bonchev–Trinajstić information content (AvgIpc) is 2.96. The molecule has 4 bridgehead atoms. The number of anilines is 3. The Morgan fingerprint density at radius 3 is 2.48 bits per heavy atom. The molecule has 1 aliphatic heterocycles. The normalized spacial score (nSPS) is 15.3. The maximum atomic E-state index is 13.0. The Morgan fingerprint density at radius 1 is 0.952 bits per heavy atom. The molecule has 15 heteroatoms. The lowest BCUT2D eigenvalue weighted by molar-refractivity contribution is -0.137. The number of benzene rings is 3. The maximum absolute atomic E-state index is 13.0. The van der Waals surface area contributed by atoms with Crippen molar-refractivity contribution in [3.63, 3.8) is 0 Å². The third kappa shape index (κ3) is 6.87. The molecule has 4 N–H and O–H groups in total.